The summed E-state index contributed by atoms with van der Waals surface area (Å²) < 4.78 is 1.44. The Morgan fingerprint density at radius 2 is 1.35 bits per heavy atom. The van der Waals surface area contributed by atoms with Gasteiger partial charge in [-0.25, -0.2) is 0 Å². The molecule has 0 aromatic heterocycles. The van der Waals surface area contributed by atoms with E-state index in [4.69, 9.17) is 0 Å². The molecule has 3 rings (SSSR count). The van der Waals surface area contributed by atoms with Crippen LogP contribution in [0.2, 0.25) is 0 Å². The van der Waals surface area contributed by atoms with Gasteiger partial charge in [0.15, 0.2) is 0 Å². The van der Waals surface area contributed by atoms with Gasteiger partial charge in [-0.3, -0.25) is 0 Å². The van der Waals surface area contributed by atoms with E-state index in [0.29, 0.717) is 0 Å². The van der Waals surface area contributed by atoms with Crippen molar-refractivity contribution in [1.29, 1.82) is 0 Å². The summed E-state index contributed by atoms with van der Waals surface area (Å²) in [6.07, 6.45) is 9.31. The van der Waals surface area contributed by atoms with Crippen LogP contribution >= 0.6 is 0 Å². The van der Waals surface area contributed by atoms with E-state index in [9.17, 15) is 0 Å². The number of hydrogen-bond acceptors (Lipinski definition) is 0. The smallest absolute Gasteiger partial charge is 1.00 e. The van der Waals surface area contributed by atoms with Crippen molar-refractivity contribution >= 4 is 0 Å². The Hall–Kier alpha value is -0.496. The van der Waals surface area contributed by atoms with Crippen LogP contribution < -0.4 is 37.2 Å². The Balaban J connectivity index is 0.00000208. The molecule has 1 aliphatic carbocycles. The van der Waals surface area contributed by atoms with Gasteiger partial charge in [-0.15, -0.1) is 0 Å². The zero-order valence-corrected chi connectivity index (χ0v) is 18.7. The average molecular weight is 442 g/mol. The maximum atomic E-state index is 2.32. The van der Waals surface area contributed by atoms with E-state index in [1.54, 1.807) is 5.57 Å². The van der Waals surface area contributed by atoms with Gasteiger partial charge in [0.05, 0.1) is 0 Å². The molecule has 0 aliphatic heterocycles. The summed E-state index contributed by atoms with van der Waals surface area (Å²) in [5.74, 6) is 0. The quantitative estimate of drug-likeness (QED) is 0.418. The van der Waals surface area contributed by atoms with Crippen LogP contribution in [-0.2, 0) is 25.9 Å². The molecule has 0 fully saturated rings. The SMILES string of the molecule is CCCCC(C1=[C]([Ti+3])C=CC1)(c1ccccc1)c1ccccc1.[Cl-].[Cl-].[Cl-]. The predicted octanol–water partition coefficient (Wildman–Crippen LogP) is -3.06. The van der Waals surface area contributed by atoms with Crippen molar-refractivity contribution in [3.05, 3.63) is 93.4 Å². The molecule has 0 nitrogen and oxygen atoms in total. The molecule has 0 radical (unpaired) electrons. The molecular weight excluding hydrogens is 418 g/mol. The van der Waals surface area contributed by atoms with Crippen molar-refractivity contribution in [2.75, 3.05) is 0 Å². The van der Waals surface area contributed by atoms with E-state index >= 15 is 0 Å². The zero-order valence-electron chi connectivity index (χ0n) is 14.9. The molecule has 2 aromatic carbocycles. The van der Waals surface area contributed by atoms with Crippen molar-refractivity contribution in [2.45, 2.75) is 38.0 Å². The monoisotopic (exact) mass is 440 g/mol. The molecule has 0 amide bonds. The summed E-state index contributed by atoms with van der Waals surface area (Å²) in [6.45, 7) is 2.29. The first kappa shape index (κ1) is 25.5. The van der Waals surface area contributed by atoms with Crippen LogP contribution in [-0.4, -0.2) is 0 Å². The van der Waals surface area contributed by atoms with Crippen molar-refractivity contribution in [2.24, 2.45) is 0 Å². The van der Waals surface area contributed by atoms with E-state index < -0.39 is 0 Å². The van der Waals surface area contributed by atoms with Crippen LogP contribution in [0.25, 0.3) is 0 Å². The third kappa shape index (κ3) is 5.06. The molecular formula is C22H23Cl3Ti. The van der Waals surface area contributed by atoms with Gasteiger partial charge in [-0.2, -0.15) is 0 Å². The minimum absolute atomic E-state index is 0. The minimum Gasteiger partial charge on any atom is -1.00 e. The molecule has 26 heavy (non-hydrogen) atoms. The van der Waals surface area contributed by atoms with Crippen LogP contribution in [0.4, 0.5) is 0 Å². The second-order valence-electron chi connectivity index (χ2n) is 6.24. The van der Waals surface area contributed by atoms with E-state index in [1.807, 2.05) is 0 Å². The summed E-state index contributed by atoms with van der Waals surface area (Å²) in [4.78, 5) is 0. The fourth-order valence-electron chi connectivity index (χ4n) is 3.75. The fourth-order valence-corrected chi connectivity index (χ4v) is 4.43. The van der Waals surface area contributed by atoms with Gasteiger partial charge in [0.2, 0.25) is 0 Å². The van der Waals surface area contributed by atoms with E-state index in [-0.39, 0.29) is 42.6 Å². The summed E-state index contributed by atoms with van der Waals surface area (Å²) in [5.41, 5.74) is 4.44. The molecule has 0 atom stereocenters. The van der Waals surface area contributed by atoms with Crippen LogP contribution in [0, 0.1) is 0 Å². The number of hydrogen-bond donors (Lipinski definition) is 0. The van der Waals surface area contributed by atoms with Gasteiger partial charge in [-0.1, -0.05) is 0 Å². The van der Waals surface area contributed by atoms with Crippen molar-refractivity contribution in [3.8, 4) is 0 Å². The van der Waals surface area contributed by atoms with Crippen molar-refractivity contribution in [1.82, 2.24) is 0 Å². The molecule has 0 spiro atoms. The Kier molecular flexibility index (Phi) is 11.8. The Morgan fingerprint density at radius 3 is 1.73 bits per heavy atom. The second kappa shape index (κ2) is 12.1. The van der Waals surface area contributed by atoms with Crippen LogP contribution in [0.15, 0.2) is 82.3 Å². The molecule has 0 unspecified atom stereocenters. The zero-order chi connectivity index (χ0) is 16.1. The molecule has 136 valence electrons. The predicted molar refractivity (Wildman–Crippen MR) is 94.0 cm³/mol. The third-order valence-corrected chi connectivity index (χ3v) is 5.62. The third-order valence-electron chi connectivity index (χ3n) is 4.89. The first-order valence-corrected chi connectivity index (χ1v) is 9.30. The topological polar surface area (TPSA) is 0 Å². The molecule has 0 N–H and O–H groups in total. The summed E-state index contributed by atoms with van der Waals surface area (Å²) >= 11 is 2.27. The molecule has 0 bridgehead atoms. The summed E-state index contributed by atoms with van der Waals surface area (Å²) in [5, 5.41) is 0. The Morgan fingerprint density at radius 1 is 0.846 bits per heavy atom. The Bertz CT molecular complexity index is 669. The van der Waals surface area contributed by atoms with Crippen LogP contribution in [0.1, 0.15) is 43.7 Å². The van der Waals surface area contributed by atoms with Gasteiger partial charge in [0.1, 0.15) is 0 Å². The van der Waals surface area contributed by atoms with E-state index in [2.05, 4.69) is 100 Å². The van der Waals surface area contributed by atoms with Crippen LogP contribution in [0.5, 0.6) is 0 Å². The standard InChI is InChI=1S/C22H23.3ClH.Ti/c1-2-3-18-22(21-16-10-11-17-21,19-12-6-4-7-13-19)20-14-8-5-9-15-20;;;;/h4-15H,2-3,16,18H2,1H3;3*1H;/q;;;;+3/p-3. The van der Waals surface area contributed by atoms with Crippen molar-refractivity contribution < 1.29 is 57.7 Å². The number of unbranched alkanes of at least 4 members (excludes halogenated alkanes) is 1. The van der Waals surface area contributed by atoms with Crippen LogP contribution in [0.3, 0.4) is 0 Å². The largest absolute Gasteiger partial charge is 1.00 e. The average Bonchev–Trinajstić information content (AvgIpc) is 3.04. The number of allylic oxidation sites excluding steroid dienone is 4. The second-order valence-corrected chi connectivity index (χ2v) is 7.08. The molecule has 0 saturated heterocycles. The first-order valence-electron chi connectivity index (χ1n) is 8.52. The molecule has 0 saturated carbocycles. The summed E-state index contributed by atoms with van der Waals surface area (Å²) in [6, 6.07) is 22.2. The minimum atomic E-state index is 0. The molecule has 1 aliphatic rings. The number of benzene rings is 2. The van der Waals surface area contributed by atoms with Crippen molar-refractivity contribution in [3.63, 3.8) is 0 Å². The number of rotatable bonds is 6. The van der Waals surface area contributed by atoms with Gasteiger partial charge in [0, 0.05) is 0 Å². The first-order chi connectivity index (χ1) is 11.3. The number of halogens is 3. The van der Waals surface area contributed by atoms with Gasteiger partial charge in [0.25, 0.3) is 0 Å². The maximum Gasteiger partial charge on any atom is -1.00 e. The van der Waals surface area contributed by atoms with E-state index in [0.717, 1.165) is 6.42 Å². The van der Waals surface area contributed by atoms with Gasteiger partial charge >= 0.3 is 152 Å². The Labute approximate surface area is 188 Å². The molecule has 4 heteroatoms. The molecule has 0 heterocycles. The molecule has 2 aromatic rings. The van der Waals surface area contributed by atoms with E-state index in [1.165, 1.54) is 34.3 Å². The maximum absolute atomic E-state index is 2.32. The normalized spacial score (nSPS) is 12.9. The van der Waals surface area contributed by atoms with Gasteiger partial charge < -0.3 is 37.2 Å². The fraction of sp³-hybridized carbons (Fsp3) is 0.273. The summed E-state index contributed by atoms with van der Waals surface area (Å²) in [7, 11) is 0. The van der Waals surface area contributed by atoms with Gasteiger partial charge in [-0.05, 0) is 0 Å².